The Balaban J connectivity index is 2.89. The molecule has 0 amide bonds. The lowest BCUT2D eigenvalue weighted by atomic mass is 10.0. The van der Waals surface area contributed by atoms with Gasteiger partial charge in [-0.25, -0.2) is 14.8 Å². The van der Waals surface area contributed by atoms with Gasteiger partial charge >= 0.3 is 5.97 Å². The van der Waals surface area contributed by atoms with Crippen LogP contribution in [0.4, 0.5) is 5.82 Å². The third kappa shape index (κ3) is 3.69. The number of rotatable bonds is 4. The van der Waals surface area contributed by atoms with Crippen LogP contribution in [0.5, 0.6) is 0 Å². The molecule has 1 heterocycles. The van der Waals surface area contributed by atoms with Crippen LogP contribution in [0.15, 0.2) is 6.07 Å². The van der Waals surface area contributed by atoms with Gasteiger partial charge in [-0.2, -0.15) is 0 Å². The number of aryl methyl sites for hydroxylation is 2. The first-order chi connectivity index (χ1) is 7.93. The van der Waals surface area contributed by atoms with E-state index in [0.29, 0.717) is 11.6 Å². The van der Waals surface area contributed by atoms with Crippen molar-refractivity contribution in [2.75, 3.05) is 12.4 Å². The summed E-state index contributed by atoms with van der Waals surface area (Å²) in [4.78, 5) is 20.0. The van der Waals surface area contributed by atoms with Gasteiger partial charge in [0.15, 0.2) is 0 Å². The monoisotopic (exact) mass is 237 g/mol. The average Bonchev–Trinajstić information content (AvgIpc) is 2.23. The van der Waals surface area contributed by atoms with Gasteiger partial charge in [-0.05, 0) is 19.8 Å². The molecule has 0 bridgehead atoms. The SMILES string of the molecule is COC(=O)C(Nc1cc(C)nc(C)n1)C(C)C. The van der Waals surface area contributed by atoms with Crippen molar-refractivity contribution in [3.05, 3.63) is 17.6 Å². The molecule has 0 saturated carbocycles. The number of anilines is 1. The molecule has 5 nitrogen and oxygen atoms in total. The Hall–Kier alpha value is -1.65. The molecule has 0 aromatic carbocycles. The van der Waals surface area contributed by atoms with E-state index in [0.717, 1.165) is 5.69 Å². The van der Waals surface area contributed by atoms with Crippen molar-refractivity contribution in [1.29, 1.82) is 0 Å². The van der Waals surface area contributed by atoms with Gasteiger partial charge in [-0.15, -0.1) is 0 Å². The summed E-state index contributed by atoms with van der Waals surface area (Å²) in [6, 6.07) is 1.42. The molecule has 94 valence electrons. The van der Waals surface area contributed by atoms with Crippen molar-refractivity contribution in [3.8, 4) is 0 Å². The molecule has 1 atom stereocenters. The van der Waals surface area contributed by atoms with E-state index >= 15 is 0 Å². The number of esters is 1. The third-order valence-electron chi connectivity index (χ3n) is 2.39. The molecule has 5 heteroatoms. The zero-order valence-corrected chi connectivity index (χ0v) is 10.9. The number of nitrogens with one attached hydrogen (secondary N) is 1. The molecule has 17 heavy (non-hydrogen) atoms. The first kappa shape index (κ1) is 13.4. The standard InChI is InChI=1S/C12H19N3O2/c1-7(2)11(12(16)17-5)15-10-6-8(3)13-9(4)14-10/h6-7,11H,1-5H3,(H,13,14,15). The van der Waals surface area contributed by atoms with Crippen molar-refractivity contribution in [2.45, 2.75) is 33.7 Å². The van der Waals surface area contributed by atoms with Gasteiger partial charge in [0.25, 0.3) is 0 Å². The van der Waals surface area contributed by atoms with Crippen LogP contribution in [0.3, 0.4) is 0 Å². The Kier molecular flexibility index (Phi) is 4.43. The van der Waals surface area contributed by atoms with E-state index in [1.165, 1.54) is 7.11 Å². The number of carbonyl (C=O) groups is 1. The topological polar surface area (TPSA) is 64.1 Å². The molecular formula is C12H19N3O2. The molecule has 0 aliphatic rings. The predicted octanol–water partition coefficient (Wildman–Crippen LogP) is 1.70. The molecule has 0 fully saturated rings. The number of hydrogen-bond donors (Lipinski definition) is 1. The van der Waals surface area contributed by atoms with Crippen LogP contribution >= 0.6 is 0 Å². The highest BCUT2D eigenvalue weighted by Crippen LogP contribution is 2.12. The fourth-order valence-electron chi connectivity index (χ4n) is 1.57. The van der Waals surface area contributed by atoms with E-state index in [2.05, 4.69) is 15.3 Å². The van der Waals surface area contributed by atoms with Crippen LogP contribution in [0.25, 0.3) is 0 Å². The number of ether oxygens (including phenoxy) is 1. The van der Waals surface area contributed by atoms with E-state index in [1.54, 1.807) is 0 Å². The van der Waals surface area contributed by atoms with Crippen molar-refractivity contribution in [3.63, 3.8) is 0 Å². The Labute approximate surface area is 102 Å². The minimum Gasteiger partial charge on any atom is -0.467 e. The second kappa shape index (κ2) is 5.61. The zero-order valence-electron chi connectivity index (χ0n) is 10.9. The fraction of sp³-hybridized carbons (Fsp3) is 0.583. The first-order valence-corrected chi connectivity index (χ1v) is 5.60. The van der Waals surface area contributed by atoms with Gasteiger partial charge in [-0.3, -0.25) is 0 Å². The van der Waals surface area contributed by atoms with E-state index in [1.807, 2.05) is 33.8 Å². The van der Waals surface area contributed by atoms with Crippen LogP contribution in [0.2, 0.25) is 0 Å². The number of aromatic nitrogens is 2. The Morgan fingerprint density at radius 2 is 2.00 bits per heavy atom. The largest absolute Gasteiger partial charge is 0.467 e. The number of hydrogen-bond acceptors (Lipinski definition) is 5. The van der Waals surface area contributed by atoms with Crippen molar-refractivity contribution >= 4 is 11.8 Å². The summed E-state index contributed by atoms with van der Waals surface area (Å²) in [5.41, 5.74) is 0.868. The van der Waals surface area contributed by atoms with Crippen LogP contribution in [-0.2, 0) is 9.53 Å². The third-order valence-corrected chi connectivity index (χ3v) is 2.39. The van der Waals surface area contributed by atoms with Crippen molar-refractivity contribution in [2.24, 2.45) is 5.92 Å². The highest BCUT2D eigenvalue weighted by atomic mass is 16.5. The normalized spacial score (nSPS) is 12.4. The van der Waals surface area contributed by atoms with Crippen molar-refractivity contribution < 1.29 is 9.53 Å². The summed E-state index contributed by atoms with van der Waals surface area (Å²) in [5.74, 6) is 1.17. The summed E-state index contributed by atoms with van der Waals surface area (Å²) < 4.78 is 4.76. The summed E-state index contributed by atoms with van der Waals surface area (Å²) in [5, 5.41) is 3.09. The number of nitrogens with zero attached hydrogens (tertiary/aromatic N) is 2. The zero-order chi connectivity index (χ0) is 13.0. The lowest BCUT2D eigenvalue weighted by Gasteiger charge is -2.20. The Morgan fingerprint density at radius 3 is 2.47 bits per heavy atom. The molecule has 1 N–H and O–H groups in total. The van der Waals surface area contributed by atoms with Gasteiger partial charge in [0, 0.05) is 11.8 Å². The van der Waals surface area contributed by atoms with Gasteiger partial charge < -0.3 is 10.1 Å². The highest BCUT2D eigenvalue weighted by molar-refractivity contribution is 5.79. The van der Waals surface area contributed by atoms with E-state index in [9.17, 15) is 4.79 Å². The van der Waals surface area contributed by atoms with E-state index in [-0.39, 0.29) is 11.9 Å². The summed E-state index contributed by atoms with van der Waals surface area (Å²) >= 11 is 0. The maximum atomic E-state index is 11.6. The molecule has 1 rings (SSSR count). The molecule has 1 aromatic rings. The highest BCUT2D eigenvalue weighted by Gasteiger charge is 2.23. The van der Waals surface area contributed by atoms with Gasteiger partial charge in [-0.1, -0.05) is 13.8 Å². The minimum atomic E-state index is -0.395. The lowest BCUT2D eigenvalue weighted by Crippen LogP contribution is -2.35. The van der Waals surface area contributed by atoms with Crippen LogP contribution in [0.1, 0.15) is 25.4 Å². The first-order valence-electron chi connectivity index (χ1n) is 5.60. The second-order valence-electron chi connectivity index (χ2n) is 4.33. The smallest absolute Gasteiger partial charge is 0.328 e. The molecule has 0 saturated heterocycles. The Morgan fingerprint density at radius 1 is 1.35 bits per heavy atom. The van der Waals surface area contributed by atoms with Crippen LogP contribution in [0, 0.1) is 19.8 Å². The summed E-state index contributed by atoms with van der Waals surface area (Å²) in [6.07, 6.45) is 0. The van der Waals surface area contributed by atoms with Crippen LogP contribution < -0.4 is 5.32 Å². The molecule has 0 aliphatic heterocycles. The lowest BCUT2D eigenvalue weighted by molar-refractivity contribution is -0.142. The predicted molar refractivity (Wildman–Crippen MR) is 65.8 cm³/mol. The van der Waals surface area contributed by atoms with Gasteiger partial charge in [0.2, 0.25) is 0 Å². The fourth-order valence-corrected chi connectivity index (χ4v) is 1.57. The Bertz CT molecular complexity index is 384. The maximum Gasteiger partial charge on any atom is 0.328 e. The van der Waals surface area contributed by atoms with Gasteiger partial charge in [0.1, 0.15) is 17.7 Å². The molecule has 0 radical (unpaired) electrons. The van der Waals surface area contributed by atoms with Crippen molar-refractivity contribution in [1.82, 2.24) is 9.97 Å². The van der Waals surface area contributed by atoms with Crippen LogP contribution in [-0.4, -0.2) is 29.1 Å². The molecule has 1 unspecified atom stereocenters. The molecule has 0 spiro atoms. The second-order valence-corrected chi connectivity index (χ2v) is 4.33. The summed E-state index contributed by atoms with van der Waals surface area (Å²) in [7, 11) is 1.38. The molecular weight excluding hydrogens is 218 g/mol. The average molecular weight is 237 g/mol. The quantitative estimate of drug-likeness (QED) is 0.807. The maximum absolute atomic E-state index is 11.6. The molecule has 0 aliphatic carbocycles. The minimum absolute atomic E-state index is 0.123. The molecule has 1 aromatic heterocycles. The summed E-state index contributed by atoms with van der Waals surface area (Å²) in [6.45, 7) is 7.62. The van der Waals surface area contributed by atoms with E-state index in [4.69, 9.17) is 4.74 Å². The number of carbonyl (C=O) groups excluding carboxylic acids is 1. The van der Waals surface area contributed by atoms with E-state index < -0.39 is 6.04 Å². The van der Waals surface area contributed by atoms with Gasteiger partial charge in [0.05, 0.1) is 7.11 Å². The number of methoxy groups -OCH3 is 1.